The number of carbonyl (C=O) groups is 3. The number of azide groups is 1. The molecule has 9 nitrogen and oxygen atoms in total. The number of carbonyl (C=O) groups excluding carboxylic acids is 3. The van der Waals surface area contributed by atoms with Gasteiger partial charge in [-0.15, -0.1) is 0 Å². The van der Waals surface area contributed by atoms with Gasteiger partial charge in [0.2, 0.25) is 0 Å². The quantitative estimate of drug-likeness (QED) is 0.239. The molecule has 0 aromatic rings. The van der Waals surface area contributed by atoms with Crippen molar-refractivity contribution in [2.24, 2.45) is 5.11 Å². The molecule has 116 valence electrons. The average molecular weight is 297 g/mol. The van der Waals surface area contributed by atoms with Gasteiger partial charge in [0.25, 0.3) is 0 Å². The topological polar surface area (TPSA) is 116 Å². The molecule has 0 saturated carbocycles. The lowest BCUT2D eigenvalue weighted by Crippen LogP contribution is -2.56. The number of ether oxygens (including phenoxy) is 1. The van der Waals surface area contributed by atoms with Gasteiger partial charge in [0.05, 0.1) is 0 Å². The molecule has 0 bridgehead atoms. The molecular formula is C12H19N5O4. The van der Waals surface area contributed by atoms with Gasteiger partial charge in [-0.05, 0) is 26.3 Å². The Labute approximate surface area is 122 Å². The lowest BCUT2D eigenvalue weighted by atomic mass is 10.2. The van der Waals surface area contributed by atoms with E-state index in [0.29, 0.717) is 6.54 Å². The molecule has 1 heterocycles. The van der Waals surface area contributed by atoms with Crippen molar-refractivity contribution in [3.8, 4) is 0 Å². The molecule has 1 rings (SSSR count). The van der Waals surface area contributed by atoms with Gasteiger partial charge in [0.15, 0.2) is 0 Å². The van der Waals surface area contributed by atoms with Crippen molar-refractivity contribution in [1.29, 1.82) is 0 Å². The van der Waals surface area contributed by atoms with Crippen LogP contribution in [0.4, 0.5) is 0 Å². The normalized spacial score (nSPS) is 15.8. The van der Waals surface area contributed by atoms with E-state index in [-0.39, 0.29) is 26.2 Å². The zero-order valence-corrected chi connectivity index (χ0v) is 12.4. The van der Waals surface area contributed by atoms with E-state index >= 15 is 0 Å². The summed E-state index contributed by atoms with van der Waals surface area (Å²) in [4.78, 5) is 40.5. The minimum atomic E-state index is -0.743. The summed E-state index contributed by atoms with van der Waals surface area (Å²) in [7, 11) is 0. The Morgan fingerprint density at radius 2 is 1.86 bits per heavy atom. The van der Waals surface area contributed by atoms with Crippen LogP contribution in [0.1, 0.15) is 20.8 Å². The molecule has 1 fully saturated rings. The molecule has 0 spiro atoms. The summed E-state index contributed by atoms with van der Waals surface area (Å²) >= 11 is 0. The van der Waals surface area contributed by atoms with Gasteiger partial charge in [-0.25, -0.2) is 0 Å². The number of rotatable bonds is 5. The van der Waals surface area contributed by atoms with Gasteiger partial charge in [0.1, 0.15) is 12.1 Å². The fourth-order valence-electron chi connectivity index (χ4n) is 1.82. The van der Waals surface area contributed by atoms with Crippen LogP contribution in [0.5, 0.6) is 0 Å². The van der Waals surface area contributed by atoms with Crippen molar-refractivity contribution >= 4 is 17.8 Å². The second-order valence-electron chi connectivity index (χ2n) is 5.56. The number of nitrogens with zero attached hydrogens (tertiary/aromatic N) is 5. The van der Waals surface area contributed by atoms with Crippen molar-refractivity contribution in [2.75, 3.05) is 32.7 Å². The first kappa shape index (κ1) is 16.8. The van der Waals surface area contributed by atoms with Crippen LogP contribution in [-0.4, -0.2) is 65.9 Å². The first-order chi connectivity index (χ1) is 9.74. The zero-order chi connectivity index (χ0) is 16.0. The number of amides is 2. The summed E-state index contributed by atoms with van der Waals surface area (Å²) < 4.78 is 5.12. The Bertz CT molecular complexity index is 479. The summed E-state index contributed by atoms with van der Waals surface area (Å²) in [6.45, 7) is 5.79. The van der Waals surface area contributed by atoms with E-state index < -0.39 is 23.4 Å². The molecular weight excluding hydrogens is 278 g/mol. The van der Waals surface area contributed by atoms with E-state index in [4.69, 9.17) is 10.3 Å². The molecule has 1 aliphatic heterocycles. The highest BCUT2D eigenvalue weighted by Gasteiger charge is 2.33. The Balaban J connectivity index is 2.54. The highest BCUT2D eigenvalue weighted by molar-refractivity contribution is 6.35. The first-order valence-electron chi connectivity index (χ1n) is 6.55. The van der Waals surface area contributed by atoms with Crippen LogP contribution in [0.25, 0.3) is 10.4 Å². The largest absolute Gasteiger partial charge is 0.459 e. The van der Waals surface area contributed by atoms with Crippen molar-refractivity contribution in [2.45, 2.75) is 26.4 Å². The van der Waals surface area contributed by atoms with Crippen molar-refractivity contribution in [1.82, 2.24) is 9.80 Å². The van der Waals surface area contributed by atoms with Crippen molar-refractivity contribution in [3.63, 3.8) is 0 Å². The molecule has 2 amide bonds. The Kier molecular flexibility index (Phi) is 5.54. The molecule has 0 aromatic heterocycles. The van der Waals surface area contributed by atoms with E-state index in [1.54, 1.807) is 20.8 Å². The maximum absolute atomic E-state index is 11.9. The molecule has 1 aliphatic rings. The monoisotopic (exact) mass is 297 g/mol. The maximum atomic E-state index is 11.9. The van der Waals surface area contributed by atoms with E-state index in [1.165, 1.54) is 9.80 Å². The fourth-order valence-corrected chi connectivity index (χ4v) is 1.82. The lowest BCUT2D eigenvalue weighted by molar-refractivity contribution is -0.164. The average Bonchev–Trinajstić information content (AvgIpc) is 2.36. The summed E-state index contributed by atoms with van der Waals surface area (Å²) in [5.74, 6) is -1.99. The predicted molar refractivity (Wildman–Crippen MR) is 73.0 cm³/mol. The van der Waals surface area contributed by atoms with Crippen LogP contribution in [0, 0.1) is 0 Å². The third kappa shape index (κ3) is 5.31. The van der Waals surface area contributed by atoms with E-state index in [1.807, 2.05) is 0 Å². The maximum Gasteiger partial charge on any atom is 0.326 e. The Morgan fingerprint density at radius 3 is 2.43 bits per heavy atom. The van der Waals surface area contributed by atoms with Gasteiger partial charge in [-0.2, -0.15) is 0 Å². The van der Waals surface area contributed by atoms with Gasteiger partial charge >= 0.3 is 17.8 Å². The Morgan fingerprint density at radius 1 is 1.29 bits per heavy atom. The van der Waals surface area contributed by atoms with Crippen LogP contribution in [0.15, 0.2) is 5.11 Å². The van der Waals surface area contributed by atoms with Crippen molar-refractivity contribution in [3.05, 3.63) is 10.4 Å². The lowest BCUT2D eigenvalue weighted by Gasteiger charge is -2.33. The van der Waals surface area contributed by atoms with Crippen molar-refractivity contribution < 1.29 is 19.1 Å². The molecule has 0 radical (unpaired) electrons. The van der Waals surface area contributed by atoms with Gasteiger partial charge in [0, 0.05) is 31.1 Å². The molecule has 0 unspecified atom stereocenters. The third-order valence-corrected chi connectivity index (χ3v) is 2.67. The standard InChI is InChI=1S/C12H19N5O4/c1-12(2,3)21-9(18)8-17-7-6-16(5-4-14-15-13)10(19)11(17)20/h4-8H2,1-3H3. The van der Waals surface area contributed by atoms with Crippen LogP contribution < -0.4 is 0 Å². The SMILES string of the molecule is CC(C)(C)OC(=O)CN1CCN(CCN=[N+]=[N-])C(=O)C1=O. The second kappa shape index (κ2) is 6.94. The van der Waals surface area contributed by atoms with Gasteiger partial charge < -0.3 is 14.5 Å². The van der Waals surface area contributed by atoms with Crippen LogP contribution in [0.2, 0.25) is 0 Å². The van der Waals surface area contributed by atoms with Crippen LogP contribution >= 0.6 is 0 Å². The van der Waals surface area contributed by atoms with Gasteiger partial charge in [-0.3, -0.25) is 14.4 Å². The zero-order valence-electron chi connectivity index (χ0n) is 12.4. The molecule has 1 saturated heterocycles. The summed E-state index contributed by atoms with van der Waals surface area (Å²) in [5, 5.41) is 3.32. The molecule has 21 heavy (non-hydrogen) atoms. The summed E-state index contributed by atoms with van der Waals surface area (Å²) in [6, 6.07) is 0. The highest BCUT2D eigenvalue weighted by atomic mass is 16.6. The molecule has 0 N–H and O–H groups in total. The molecule has 0 atom stereocenters. The molecule has 0 aliphatic carbocycles. The summed E-state index contributed by atoms with van der Waals surface area (Å²) in [5.41, 5.74) is 7.54. The minimum absolute atomic E-state index is 0.113. The highest BCUT2D eigenvalue weighted by Crippen LogP contribution is 2.10. The van der Waals surface area contributed by atoms with E-state index in [0.717, 1.165) is 0 Å². The number of hydrogen-bond acceptors (Lipinski definition) is 5. The minimum Gasteiger partial charge on any atom is -0.459 e. The third-order valence-electron chi connectivity index (χ3n) is 2.67. The number of esters is 1. The van der Waals surface area contributed by atoms with Crippen LogP contribution in [0.3, 0.4) is 0 Å². The first-order valence-corrected chi connectivity index (χ1v) is 6.55. The fraction of sp³-hybridized carbons (Fsp3) is 0.750. The van der Waals surface area contributed by atoms with Gasteiger partial charge in [-0.1, -0.05) is 5.11 Å². The number of piperazine rings is 1. The predicted octanol–water partition coefficient (Wildman–Crippen LogP) is 0.309. The number of hydrogen-bond donors (Lipinski definition) is 0. The second-order valence-corrected chi connectivity index (χ2v) is 5.56. The molecule has 9 heteroatoms. The van der Waals surface area contributed by atoms with E-state index in [2.05, 4.69) is 10.0 Å². The van der Waals surface area contributed by atoms with E-state index in [9.17, 15) is 14.4 Å². The smallest absolute Gasteiger partial charge is 0.326 e. The Hall–Kier alpha value is -2.28. The summed E-state index contributed by atoms with van der Waals surface area (Å²) in [6.07, 6.45) is 0. The van der Waals surface area contributed by atoms with Crippen LogP contribution in [-0.2, 0) is 19.1 Å². The molecule has 0 aromatic carbocycles.